The largest absolute Gasteiger partial charge is 0.293 e. The quantitative estimate of drug-likeness (QED) is 0.357. The summed E-state index contributed by atoms with van der Waals surface area (Å²) in [6.07, 6.45) is 1.69. The molecule has 0 atom stereocenters. The smallest absolute Gasteiger partial charge is 0.265 e. The molecule has 0 saturated heterocycles. The third kappa shape index (κ3) is 3.72. The second-order valence-corrected chi connectivity index (χ2v) is 8.02. The Morgan fingerprint density at radius 3 is 2.55 bits per heavy atom. The summed E-state index contributed by atoms with van der Waals surface area (Å²) in [5, 5.41) is 20.9. The molecule has 0 aliphatic rings. The minimum Gasteiger partial charge on any atom is -0.265 e. The van der Waals surface area contributed by atoms with Crippen LogP contribution >= 0.6 is 0 Å². The van der Waals surface area contributed by atoms with Crippen LogP contribution < -0.4 is 5.56 Å². The molecule has 0 radical (unpaired) electrons. The van der Waals surface area contributed by atoms with Gasteiger partial charge in [0.25, 0.3) is 11.2 Å². The van der Waals surface area contributed by atoms with Gasteiger partial charge in [-0.05, 0) is 48.6 Å². The molecule has 0 saturated carbocycles. The number of benzene rings is 2. The Balaban J connectivity index is 1.92. The standard InChI is InChI=1S/C23H23N5O3/c1-14(2)21-20-12-24-27(18-9-8-15(3)16(4)10-18)22(20)23(29)26(25-21)13-17-6-5-7-19(11-17)28(30)31/h5-12,14H,13H2,1-4H3. The summed E-state index contributed by atoms with van der Waals surface area (Å²) in [5.74, 6) is 0.0665. The van der Waals surface area contributed by atoms with E-state index in [1.807, 2.05) is 45.9 Å². The van der Waals surface area contributed by atoms with Gasteiger partial charge >= 0.3 is 0 Å². The average molecular weight is 417 g/mol. The highest BCUT2D eigenvalue weighted by Gasteiger charge is 2.19. The van der Waals surface area contributed by atoms with Gasteiger partial charge in [-0.3, -0.25) is 14.9 Å². The number of nitro groups is 1. The van der Waals surface area contributed by atoms with Crippen molar-refractivity contribution in [3.63, 3.8) is 0 Å². The van der Waals surface area contributed by atoms with Crippen LogP contribution in [0.25, 0.3) is 16.6 Å². The number of nitro benzene ring substituents is 1. The van der Waals surface area contributed by atoms with E-state index in [2.05, 4.69) is 10.2 Å². The van der Waals surface area contributed by atoms with Gasteiger partial charge in [-0.2, -0.15) is 10.2 Å². The van der Waals surface area contributed by atoms with Crippen LogP contribution in [-0.4, -0.2) is 24.5 Å². The highest BCUT2D eigenvalue weighted by atomic mass is 16.6. The minimum atomic E-state index is -0.447. The van der Waals surface area contributed by atoms with Crippen molar-refractivity contribution in [2.75, 3.05) is 0 Å². The van der Waals surface area contributed by atoms with Crippen molar-refractivity contribution in [2.24, 2.45) is 0 Å². The molecule has 0 N–H and O–H groups in total. The van der Waals surface area contributed by atoms with Crippen LogP contribution in [-0.2, 0) is 6.54 Å². The number of nitrogens with zero attached hydrogens (tertiary/aromatic N) is 5. The lowest BCUT2D eigenvalue weighted by Gasteiger charge is -2.13. The molecule has 4 aromatic rings. The normalized spacial score (nSPS) is 11.4. The topological polar surface area (TPSA) is 95.8 Å². The van der Waals surface area contributed by atoms with Gasteiger partial charge in [0.1, 0.15) is 5.52 Å². The minimum absolute atomic E-state index is 0.0177. The van der Waals surface area contributed by atoms with Crippen molar-refractivity contribution in [1.29, 1.82) is 0 Å². The van der Waals surface area contributed by atoms with E-state index in [1.54, 1.807) is 23.0 Å². The molecule has 2 aromatic carbocycles. The molecule has 8 heteroatoms. The van der Waals surface area contributed by atoms with Crippen molar-refractivity contribution < 1.29 is 4.92 Å². The Morgan fingerprint density at radius 1 is 1.10 bits per heavy atom. The fourth-order valence-corrected chi connectivity index (χ4v) is 3.62. The lowest BCUT2D eigenvalue weighted by molar-refractivity contribution is -0.384. The van der Waals surface area contributed by atoms with E-state index >= 15 is 0 Å². The molecule has 4 rings (SSSR count). The molecule has 0 spiro atoms. The average Bonchev–Trinajstić information content (AvgIpc) is 3.17. The number of hydrogen-bond acceptors (Lipinski definition) is 5. The second kappa shape index (κ2) is 7.79. The summed E-state index contributed by atoms with van der Waals surface area (Å²) in [7, 11) is 0. The summed E-state index contributed by atoms with van der Waals surface area (Å²) < 4.78 is 3.03. The van der Waals surface area contributed by atoms with Gasteiger partial charge in [-0.1, -0.05) is 32.0 Å². The molecular formula is C23H23N5O3. The van der Waals surface area contributed by atoms with Gasteiger partial charge in [0.15, 0.2) is 0 Å². The molecule has 2 aromatic heterocycles. The van der Waals surface area contributed by atoms with Crippen molar-refractivity contribution in [2.45, 2.75) is 40.2 Å². The molecule has 0 fully saturated rings. The number of rotatable bonds is 5. The van der Waals surface area contributed by atoms with E-state index in [-0.39, 0.29) is 23.7 Å². The number of aryl methyl sites for hydroxylation is 2. The summed E-state index contributed by atoms with van der Waals surface area (Å²) in [5.41, 5.74) is 4.61. The maximum absolute atomic E-state index is 13.4. The zero-order valence-corrected chi connectivity index (χ0v) is 17.9. The fourth-order valence-electron chi connectivity index (χ4n) is 3.62. The van der Waals surface area contributed by atoms with Crippen molar-refractivity contribution >= 4 is 16.6 Å². The molecule has 0 aliphatic heterocycles. The molecule has 0 aliphatic carbocycles. The summed E-state index contributed by atoms with van der Waals surface area (Å²) in [4.78, 5) is 24.1. The van der Waals surface area contributed by atoms with Crippen LogP contribution in [0.3, 0.4) is 0 Å². The summed E-state index contributed by atoms with van der Waals surface area (Å²) >= 11 is 0. The van der Waals surface area contributed by atoms with Crippen LogP contribution in [0.4, 0.5) is 5.69 Å². The predicted octanol–water partition coefficient (Wildman–Crippen LogP) is 4.28. The van der Waals surface area contributed by atoms with Crippen LogP contribution in [0.15, 0.2) is 53.5 Å². The molecule has 0 amide bonds. The number of non-ortho nitro benzene ring substituents is 1. The van der Waals surface area contributed by atoms with Crippen LogP contribution in [0, 0.1) is 24.0 Å². The Kier molecular flexibility index (Phi) is 5.14. The van der Waals surface area contributed by atoms with Gasteiger partial charge in [0.05, 0.1) is 29.0 Å². The van der Waals surface area contributed by atoms with Gasteiger partial charge in [0, 0.05) is 17.5 Å². The molecule has 0 bridgehead atoms. The zero-order chi connectivity index (χ0) is 22.3. The van der Waals surface area contributed by atoms with Crippen molar-refractivity contribution in [3.05, 3.63) is 91.5 Å². The highest BCUT2D eigenvalue weighted by Crippen LogP contribution is 2.24. The zero-order valence-electron chi connectivity index (χ0n) is 17.9. The van der Waals surface area contributed by atoms with E-state index in [0.717, 1.165) is 22.5 Å². The summed E-state index contributed by atoms with van der Waals surface area (Å²) in [6.45, 7) is 8.21. The molecule has 2 heterocycles. The van der Waals surface area contributed by atoms with Gasteiger partial charge in [0.2, 0.25) is 0 Å². The highest BCUT2D eigenvalue weighted by molar-refractivity contribution is 5.82. The van der Waals surface area contributed by atoms with Crippen LogP contribution in [0.2, 0.25) is 0 Å². The molecule has 0 unspecified atom stereocenters. The maximum atomic E-state index is 13.4. The van der Waals surface area contributed by atoms with E-state index in [0.29, 0.717) is 16.5 Å². The first kappa shape index (κ1) is 20.5. The monoisotopic (exact) mass is 417 g/mol. The Labute approximate surface area is 178 Å². The Bertz CT molecular complexity index is 1370. The molecule has 8 nitrogen and oxygen atoms in total. The fraction of sp³-hybridized carbons (Fsp3) is 0.261. The third-order valence-corrected chi connectivity index (χ3v) is 5.45. The van der Waals surface area contributed by atoms with E-state index in [9.17, 15) is 14.9 Å². The van der Waals surface area contributed by atoms with Gasteiger partial charge < -0.3 is 0 Å². The van der Waals surface area contributed by atoms with E-state index < -0.39 is 4.92 Å². The lowest BCUT2D eigenvalue weighted by atomic mass is 10.1. The first-order valence-electron chi connectivity index (χ1n) is 10.1. The molecule has 31 heavy (non-hydrogen) atoms. The first-order valence-corrected chi connectivity index (χ1v) is 10.1. The number of hydrogen-bond donors (Lipinski definition) is 0. The van der Waals surface area contributed by atoms with E-state index in [4.69, 9.17) is 0 Å². The summed E-state index contributed by atoms with van der Waals surface area (Å²) in [6, 6.07) is 12.2. The SMILES string of the molecule is Cc1ccc(-n2ncc3c(C(C)C)nn(Cc4cccc([N+](=O)[O-])c4)c(=O)c32)cc1C. The van der Waals surface area contributed by atoms with Crippen molar-refractivity contribution in [3.8, 4) is 5.69 Å². The van der Waals surface area contributed by atoms with Crippen LogP contribution in [0.1, 0.15) is 42.1 Å². The number of aromatic nitrogens is 4. The Hall–Kier alpha value is -3.81. The first-order chi connectivity index (χ1) is 14.8. The van der Waals surface area contributed by atoms with Crippen LogP contribution in [0.5, 0.6) is 0 Å². The molecular weight excluding hydrogens is 394 g/mol. The van der Waals surface area contributed by atoms with Crippen molar-refractivity contribution in [1.82, 2.24) is 19.6 Å². The number of fused-ring (bicyclic) bond motifs is 1. The third-order valence-electron chi connectivity index (χ3n) is 5.45. The second-order valence-electron chi connectivity index (χ2n) is 8.02. The Morgan fingerprint density at radius 2 is 1.87 bits per heavy atom. The maximum Gasteiger partial charge on any atom is 0.293 e. The predicted molar refractivity (Wildman–Crippen MR) is 119 cm³/mol. The van der Waals surface area contributed by atoms with Gasteiger partial charge in [-0.25, -0.2) is 9.36 Å². The van der Waals surface area contributed by atoms with E-state index in [1.165, 1.54) is 16.8 Å². The lowest BCUT2D eigenvalue weighted by Crippen LogP contribution is -2.27. The van der Waals surface area contributed by atoms with Gasteiger partial charge in [-0.15, -0.1) is 0 Å². The molecule has 158 valence electrons.